The van der Waals surface area contributed by atoms with E-state index in [4.69, 9.17) is 5.11 Å². The second-order valence-electron chi connectivity index (χ2n) is 4.15. The van der Waals surface area contributed by atoms with Gasteiger partial charge in [-0.3, -0.25) is 4.79 Å². The molecule has 0 saturated heterocycles. The molecule has 1 aliphatic carbocycles. The minimum absolute atomic E-state index is 0.165. The highest BCUT2D eigenvalue weighted by Gasteiger charge is 2.36. The molecule has 2 rings (SSSR count). The zero-order valence-electron chi connectivity index (χ0n) is 9.48. The van der Waals surface area contributed by atoms with Crippen LogP contribution in [0.4, 0.5) is 14.5 Å². The fourth-order valence-corrected chi connectivity index (χ4v) is 2.56. The Morgan fingerprint density at radius 1 is 1.39 bits per heavy atom. The van der Waals surface area contributed by atoms with Gasteiger partial charge in [-0.25, -0.2) is 0 Å². The molecule has 1 fully saturated rings. The molecule has 0 bridgehead atoms. The highest BCUT2D eigenvalue weighted by atomic mass is 32.2. The number of carboxylic acid groups (broad SMARTS) is 1. The number of hydrogen-bond acceptors (Lipinski definition) is 3. The van der Waals surface area contributed by atoms with Gasteiger partial charge < -0.3 is 10.4 Å². The maximum absolute atomic E-state index is 12.4. The van der Waals surface area contributed by atoms with E-state index in [-0.39, 0.29) is 6.04 Å². The predicted octanol–water partition coefficient (Wildman–Crippen LogP) is 3.28. The lowest BCUT2D eigenvalue weighted by Crippen LogP contribution is -2.43. The lowest BCUT2D eigenvalue weighted by atomic mass is 9.79. The number of thioether (sulfide) groups is 1. The molecule has 0 aromatic heterocycles. The Morgan fingerprint density at radius 2 is 2.11 bits per heavy atom. The first-order chi connectivity index (χ1) is 8.58. The first-order valence-electron chi connectivity index (χ1n) is 5.61. The molecular weight excluding hydrogens is 260 g/mol. The molecule has 1 aromatic rings. The number of anilines is 1. The van der Waals surface area contributed by atoms with Gasteiger partial charge in [0.05, 0.1) is 5.92 Å². The van der Waals surface area contributed by atoms with Gasteiger partial charge in [-0.1, -0.05) is 23.9 Å². The van der Waals surface area contributed by atoms with Gasteiger partial charge in [-0.05, 0) is 25.0 Å². The van der Waals surface area contributed by atoms with Gasteiger partial charge in [-0.2, -0.15) is 8.78 Å². The van der Waals surface area contributed by atoms with Crippen molar-refractivity contribution in [2.24, 2.45) is 5.92 Å². The minimum atomic E-state index is -2.48. The Bertz CT molecular complexity index is 442. The third-order valence-corrected chi connectivity index (χ3v) is 3.82. The van der Waals surface area contributed by atoms with Crippen molar-refractivity contribution in [2.45, 2.75) is 29.5 Å². The minimum Gasteiger partial charge on any atom is -0.481 e. The molecule has 0 radical (unpaired) electrons. The summed E-state index contributed by atoms with van der Waals surface area (Å²) in [5.41, 5.74) is 0.582. The Balaban J connectivity index is 2.07. The Labute approximate surface area is 108 Å². The largest absolute Gasteiger partial charge is 0.481 e. The number of carbonyl (C=O) groups is 1. The van der Waals surface area contributed by atoms with Crippen LogP contribution in [0.25, 0.3) is 0 Å². The molecule has 2 unspecified atom stereocenters. The fourth-order valence-electron chi connectivity index (χ4n) is 1.95. The molecule has 6 heteroatoms. The molecule has 0 spiro atoms. The first kappa shape index (κ1) is 13.1. The van der Waals surface area contributed by atoms with Gasteiger partial charge in [0, 0.05) is 16.6 Å². The normalized spacial score (nSPS) is 22.6. The lowest BCUT2D eigenvalue weighted by Gasteiger charge is -2.35. The van der Waals surface area contributed by atoms with E-state index in [0.29, 0.717) is 28.8 Å². The summed E-state index contributed by atoms with van der Waals surface area (Å²) in [5.74, 6) is -3.74. The average molecular weight is 273 g/mol. The van der Waals surface area contributed by atoms with Crippen LogP contribution in [0.5, 0.6) is 0 Å². The van der Waals surface area contributed by atoms with Crippen molar-refractivity contribution in [3.05, 3.63) is 24.3 Å². The summed E-state index contributed by atoms with van der Waals surface area (Å²) in [6.07, 6.45) is 1.39. The maximum Gasteiger partial charge on any atom is 0.308 e. The van der Waals surface area contributed by atoms with Crippen LogP contribution in [-0.4, -0.2) is 22.9 Å². The zero-order chi connectivity index (χ0) is 13.1. The molecular formula is C12H13F2NO2S. The highest BCUT2D eigenvalue weighted by Crippen LogP contribution is 2.36. The quantitative estimate of drug-likeness (QED) is 0.808. The maximum atomic E-state index is 12.4. The van der Waals surface area contributed by atoms with Crippen molar-refractivity contribution in [2.75, 3.05) is 5.32 Å². The Morgan fingerprint density at radius 3 is 2.67 bits per heavy atom. The van der Waals surface area contributed by atoms with E-state index in [2.05, 4.69) is 5.32 Å². The number of benzene rings is 1. The van der Waals surface area contributed by atoms with Crippen molar-refractivity contribution in [3.8, 4) is 0 Å². The number of rotatable bonds is 5. The van der Waals surface area contributed by atoms with Crippen LogP contribution in [0.15, 0.2) is 29.2 Å². The third kappa shape index (κ3) is 2.93. The van der Waals surface area contributed by atoms with Crippen molar-refractivity contribution >= 4 is 23.4 Å². The van der Waals surface area contributed by atoms with E-state index in [1.54, 1.807) is 24.3 Å². The molecule has 2 atom stereocenters. The van der Waals surface area contributed by atoms with E-state index in [1.807, 2.05) is 0 Å². The number of halogens is 2. The molecule has 0 amide bonds. The summed E-state index contributed by atoms with van der Waals surface area (Å²) >= 11 is 0.468. The molecule has 0 heterocycles. The second-order valence-corrected chi connectivity index (χ2v) is 5.18. The molecule has 0 aliphatic heterocycles. The van der Waals surface area contributed by atoms with E-state index in [1.165, 1.54) is 0 Å². The number of carboxylic acids is 1. The smallest absolute Gasteiger partial charge is 0.308 e. The van der Waals surface area contributed by atoms with Gasteiger partial charge in [0.2, 0.25) is 0 Å². The van der Waals surface area contributed by atoms with Crippen LogP contribution in [0.1, 0.15) is 12.8 Å². The summed E-state index contributed by atoms with van der Waals surface area (Å²) in [4.78, 5) is 11.3. The van der Waals surface area contributed by atoms with Crippen LogP contribution in [-0.2, 0) is 4.79 Å². The number of aliphatic carboxylic acids is 1. The van der Waals surface area contributed by atoms with Gasteiger partial charge >= 0.3 is 5.97 Å². The van der Waals surface area contributed by atoms with E-state index >= 15 is 0 Å². The zero-order valence-corrected chi connectivity index (χ0v) is 10.3. The van der Waals surface area contributed by atoms with Gasteiger partial charge in [0.25, 0.3) is 5.76 Å². The highest BCUT2D eigenvalue weighted by molar-refractivity contribution is 7.99. The van der Waals surface area contributed by atoms with Crippen LogP contribution in [0.2, 0.25) is 0 Å². The van der Waals surface area contributed by atoms with Crippen molar-refractivity contribution in [1.29, 1.82) is 0 Å². The SMILES string of the molecule is O=C(O)C1CCC1Nc1ccccc1SC(F)F. The van der Waals surface area contributed by atoms with Crippen molar-refractivity contribution < 1.29 is 18.7 Å². The van der Waals surface area contributed by atoms with Crippen LogP contribution < -0.4 is 5.32 Å². The molecule has 2 N–H and O–H groups in total. The summed E-state index contributed by atoms with van der Waals surface area (Å²) in [6, 6.07) is 6.56. The average Bonchev–Trinajstić information content (AvgIpc) is 2.24. The van der Waals surface area contributed by atoms with E-state index in [9.17, 15) is 13.6 Å². The fraction of sp³-hybridized carbons (Fsp3) is 0.417. The van der Waals surface area contributed by atoms with Gasteiger partial charge in [-0.15, -0.1) is 0 Å². The predicted molar refractivity (Wildman–Crippen MR) is 66.1 cm³/mol. The van der Waals surface area contributed by atoms with Crippen LogP contribution in [0, 0.1) is 5.92 Å². The van der Waals surface area contributed by atoms with Crippen LogP contribution >= 0.6 is 11.8 Å². The lowest BCUT2D eigenvalue weighted by molar-refractivity contribution is -0.144. The monoisotopic (exact) mass is 273 g/mol. The standard InChI is InChI=1S/C12H13F2NO2S/c13-12(14)18-10-4-2-1-3-9(10)15-8-6-5-7(8)11(16)17/h1-4,7-8,12,15H,5-6H2,(H,16,17). The summed E-state index contributed by atoms with van der Waals surface area (Å²) in [5, 5.41) is 12.0. The molecule has 98 valence electrons. The Kier molecular flexibility index (Phi) is 4.06. The molecule has 3 nitrogen and oxygen atoms in total. The summed E-state index contributed by atoms with van der Waals surface area (Å²) < 4.78 is 24.8. The summed E-state index contributed by atoms with van der Waals surface area (Å²) in [7, 11) is 0. The van der Waals surface area contributed by atoms with Crippen molar-refractivity contribution in [3.63, 3.8) is 0 Å². The number of hydrogen-bond donors (Lipinski definition) is 2. The Hall–Kier alpha value is -1.30. The van der Waals surface area contributed by atoms with Gasteiger partial charge in [0.15, 0.2) is 0 Å². The van der Waals surface area contributed by atoms with E-state index in [0.717, 1.165) is 6.42 Å². The molecule has 1 aromatic carbocycles. The van der Waals surface area contributed by atoms with Crippen LogP contribution in [0.3, 0.4) is 0 Å². The third-order valence-electron chi connectivity index (χ3n) is 3.04. The number of para-hydroxylation sites is 1. The summed E-state index contributed by atoms with van der Waals surface area (Å²) in [6.45, 7) is 0. The first-order valence-corrected chi connectivity index (χ1v) is 6.49. The topological polar surface area (TPSA) is 49.3 Å². The van der Waals surface area contributed by atoms with Crippen molar-refractivity contribution in [1.82, 2.24) is 0 Å². The number of alkyl halides is 2. The van der Waals surface area contributed by atoms with E-state index < -0.39 is 17.6 Å². The van der Waals surface area contributed by atoms with Gasteiger partial charge in [0.1, 0.15) is 0 Å². The second kappa shape index (κ2) is 5.56. The molecule has 1 saturated carbocycles. The molecule has 18 heavy (non-hydrogen) atoms. The molecule has 1 aliphatic rings. The number of nitrogens with one attached hydrogen (secondary N) is 1.